The van der Waals surface area contributed by atoms with Crippen LogP contribution in [0, 0.1) is 5.92 Å². The molecule has 1 aliphatic carbocycles. The van der Waals surface area contributed by atoms with Crippen molar-refractivity contribution in [1.29, 1.82) is 0 Å². The van der Waals surface area contributed by atoms with Gasteiger partial charge in [0.15, 0.2) is 0 Å². The van der Waals surface area contributed by atoms with Gasteiger partial charge >= 0.3 is 11.9 Å². The highest BCUT2D eigenvalue weighted by atomic mass is 19.4. The molecule has 2 saturated heterocycles. The standard InChI is InChI=1S/C41H44F3N7O6/c1-48-36-27(5-3-7-31(36)51(40(48)56)32-13-14-35(52)47-38(32)54)24-15-17-49(18-16-24)21-23-9-11-26(12-10-23)50-22-25-19-30(33(57-2)20-28(25)39(50)55)46-37(53)29-6-4-8-34(45-29)41(42,43)44/h3-8,19-20,23-24,26,32H,9-18,21-22H2,1-2H3,(H,46,53)(H,47,52,54). The molecule has 2 aromatic carbocycles. The molecule has 0 bridgehead atoms. The fourth-order valence-electron chi connectivity index (χ4n) is 9.29. The van der Waals surface area contributed by atoms with E-state index in [1.807, 2.05) is 17.0 Å². The molecular formula is C41H44F3N7O6. The van der Waals surface area contributed by atoms with E-state index in [0.29, 0.717) is 35.5 Å². The summed E-state index contributed by atoms with van der Waals surface area (Å²) in [5, 5.41) is 4.99. The summed E-state index contributed by atoms with van der Waals surface area (Å²) in [4.78, 5) is 72.3. The Kier molecular flexibility index (Phi) is 10.2. The van der Waals surface area contributed by atoms with E-state index in [-0.39, 0.29) is 47.3 Å². The Morgan fingerprint density at radius 3 is 2.40 bits per heavy atom. The van der Waals surface area contributed by atoms with Crippen molar-refractivity contribution in [2.24, 2.45) is 13.0 Å². The number of carbonyl (C=O) groups excluding carboxylic acids is 4. The number of halogens is 3. The van der Waals surface area contributed by atoms with Crippen molar-refractivity contribution < 1.29 is 37.1 Å². The van der Waals surface area contributed by atoms with Crippen molar-refractivity contribution in [3.8, 4) is 5.75 Å². The van der Waals surface area contributed by atoms with E-state index in [1.165, 1.54) is 13.2 Å². The molecule has 0 spiro atoms. The van der Waals surface area contributed by atoms with Crippen molar-refractivity contribution >= 4 is 40.3 Å². The van der Waals surface area contributed by atoms with Crippen LogP contribution in [0.25, 0.3) is 11.0 Å². The van der Waals surface area contributed by atoms with Gasteiger partial charge in [-0.3, -0.25) is 33.6 Å². The van der Waals surface area contributed by atoms with Crippen molar-refractivity contribution in [2.45, 2.75) is 82.1 Å². The SMILES string of the molecule is COc1cc2c(cc1NC(=O)c1cccc(C(F)(F)F)n1)CN(C1CCC(CN3CCC(c4cccc5c4n(C)c(=O)n5C4CCC(=O)NC4=O)CC3)CC1)C2=O. The zero-order valence-corrected chi connectivity index (χ0v) is 31.7. The second kappa shape index (κ2) is 15.1. The lowest BCUT2D eigenvalue weighted by Gasteiger charge is -2.38. The molecule has 16 heteroatoms. The van der Waals surface area contributed by atoms with Crippen molar-refractivity contribution in [3.63, 3.8) is 0 Å². The van der Waals surface area contributed by atoms with Crippen LogP contribution in [-0.2, 0) is 29.4 Å². The van der Waals surface area contributed by atoms with Crippen LogP contribution in [0.1, 0.15) is 101 Å². The molecule has 1 saturated carbocycles. The molecule has 0 radical (unpaired) electrons. The molecule has 8 rings (SSSR count). The summed E-state index contributed by atoms with van der Waals surface area (Å²) in [6.45, 7) is 3.19. The molecule has 1 atom stereocenters. The summed E-state index contributed by atoms with van der Waals surface area (Å²) in [5.74, 6) is -0.708. The minimum absolute atomic E-state index is 0.0600. The summed E-state index contributed by atoms with van der Waals surface area (Å²) in [5.41, 5.74) is 2.28. The minimum Gasteiger partial charge on any atom is -0.495 e. The maximum Gasteiger partial charge on any atom is 0.433 e. The number of hydrogen-bond donors (Lipinski definition) is 2. The van der Waals surface area contributed by atoms with Gasteiger partial charge in [-0.1, -0.05) is 18.2 Å². The molecule has 5 heterocycles. The van der Waals surface area contributed by atoms with Gasteiger partial charge in [-0.15, -0.1) is 0 Å². The lowest BCUT2D eigenvalue weighted by atomic mass is 9.83. The van der Waals surface area contributed by atoms with Crippen molar-refractivity contribution in [1.82, 2.24) is 29.2 Å². The maximum atomic E-state index is 13.6. The Bertz CT molecular complexity index is 2320. The number of methoxy groups -OCH3 is 1. The van der Waals surface area contributed by atoms with Crippen molar-refractivity contribution in [3.05, 3.63) is 87.1 Å². The first-order valence-electron chi connectivity index (χ1n) is 19.4. The van der Waals surface area contributed by atoms with Crippen molar-refractivity contribution in [2.75, 3.05) is 32.1 Å². The average Bonchev–Trinajstić information content (AvgIpc) is 3.65. The average molecular weight is 788 g/mol. The third-order valence-corrected chi connectivity index (χ3v) is 12.2. The quantitative estimate of drug-likeness (QED) is 0.226. The fraction of sp³-hybridized carbons (Fsp3) is 0.463. The lowest BCUT2D eigenvalue weighted by Crippen LogP contribution is -2.44. The Balaban J connectivity index is 0.863. The maximum absolute atomic E-state index is 13.6. The molecule has 4 aromatic rings. The molecule has 2 N–H and O–H groups in total. The molecule has 4 aliphatic rings. The Hall–Kier alpha value is -5.51. The number of aromatic nitrogens is 3. The van der Waals surface area contributed by atoms with Gasteiger partial charge in [0.25, 0.3) is 11.8 Å². The number of pyridine rings is 1. The van der Waals surface area contributed by atoms with Crippen LogP contribution >= 0.6 is 0 Å². The molecular weight excluding hydrogens is 743 g/mol. The number of ether oxygens (including phenoxy) is 1. The number of fused-ring (bicyclic) bond motifs is 2. The monoisotopic (exact) mass is 787 g/mol. The molecule has 4 amide bonds. The molecule has 3 aliphatic heterocycles. The molecule has 2 aromatic heterocycles. The number of aryl methyl sites for hydroxylation is 1. The number of carbonyl (C=O) groups is 4. The number of nitrogens with zero attached hydrogens (tertiary/aromatic N) is 5. The van der Waals surface area contributed by atoms with Crippen LogP contribution in [0.3, 0.4) is 0 Å². The minimum atomic E-state index is -4.69. The van der Waals surface area contributed by atoms with E-state index in [9.17, 15) is 37.1 Å². The van der Waals surface area contributed by atoms with Crippen LogP contribution in [0.5, 0.6) is 5.75 Å². The third kappa shape index (κ3) is 7.30. The number of imidazole rings is 1. The predicted molar refractivity (Wildman–Crippen MR) is 203 cm³/mol. The number of amides is 4. The molecule has 57 heavy (non-hydrogen) atoms. The van der Waals surface area contributed by atoms with Gasteiger partial charge in [0.1, 0.15) is 23.2 Å². The zero-order valence-electron chi connectivity index (χ0n) is 31.7. The fourth-order valence-corrected chi connectivity index (χ4v) is 9.29. The van der Waals surface area contributed by atoms with Crippen LogP contribution in [0.15, 0.2) is 53.3 Å². The van der Waals surface area contributed by atoms with E-state index < -0.39 is 35.4 Å². The summed E-state index contributed by atoms with van der Waals surface area (Å²) in [6, 6.07) is 11.6. The number of imide groups is 1. The third-order valence-electron chi connectivity index (χ3n) is 12.2. The van der Waals surface area contributed by atoms with Gasteiger partial charge in [-0.05, 0) is 111 Å². The van der Waals surface area contributed by atoms with E-state index >= 15 is 0 Å². The van der Waals surface area contributed by atoms with Crippen LogP contribution < -0.4 is 21.1 Å². The topological polar surface area (TPSA) is 148 Å². The highest BCUT2D eigenvalue weighted by Crippen LogP contribution is 2.39. The number of anilines is 1. The smallest absolute Gasteiger partial charge is 0.433 e. The molecule has 13 nitrogen and oxygen atoms in total. The number of piperidine rings is 2. The zero-order chi connectivity index (χ0) is 40.2. The van der Waals surface area contributed by atoms with Crippen LogP contribution in [0.4, 0.5) is 18.9 Å². The Labute approximate surface area is 326 Å². The first-order valence-corrected chi connectivity index (χ1v) is 19.4. The van der Waals surface area contributed by atoms with E-state index in [1.54, 1.807) is 28.3 Å². The number of benzene rings is 2. The Morgan fingerprint density at radius 2 is 1.70 bits per heavy atom. The van der Waals surface area contributed by atoms with Gasteiger partial charge in [0.2, 0.25) is 11.8 Å². The number of nitrogens with one attached hydrogen (secondary N) is 2. The second-order valence-corrected chi connectivity index (χ2v) is 15.6. The van der Waals surface area contributed by atoms with Gasteiger partial charge in [-0.25, -0.2) is 9.78 Å². The molecule has 300 valence electrons. The van der Waals surface area contributed by atoms with Gasteiger partial charge in [0, 0.05) is 38.2 Å². The van der Waals surface area contributed by atoms with Gasteiger partial charge in [0.05, 0.1) is 23.8 Å². The van der Waals surface area contributed by atoms with E-state index in [2.05, 4.69) is 26.6 Å². The summed E-state index contributed by atoms with van der Waals surface area (Å²) in [6.07, 6.45) is 1.36. The highest BCUT2D eigenvalue weighted by Gasteiger charge is 2.38. The summed E-state index contributed by atoms with van der Waals surface area (Å²) >= 11 is 0. The normalized spacial score (nSPS) is 22.2. The van der Waals surface area contributed by atoms with E-state index in [0.717, 1.165) is 81.4 Å². The lowest BCUT2D eigenvalue weighted by molar-refractivity contribution is -0.141. The van der Waals surface area contributed by atoms with Crippen LogP contribution in [-0.4, -0.2) is 80.3 Å². The van der Waals surface area contributed by atoms with Gasteiger partial charge in [-0.2, -0.15) is 13.2 Å². The van der Waals surface area contributed by atoms with Crippen LogP contribution in [0.2, 0.25) is 0 Å². The Morgan fingerprint density at radius 1 is 0.965 bits per heavy atom. The number of likely N-dealkylation sites (tertiary alicyclic amines) is 1. The molecule has 1 unspecified atom stereocenters. The number of para-hydroxylation sites is 1. The predicted octanol–water partition coefficient (Wildman–Crippen LogP) is 5.39. The molecule has 3 fully saturated rings. The number of rotatable bonds is 8. The van der Waals surface area contributed by atoms with E-state index in [4.69, 9.17) is 4.74 Å². The highest BCUT2D eigenvalue weighted by molar-refractivity contribution is 6.05. The first-order chi connectivity index (χ1) is 27.3. The largest absolute Gasteiger partial charge is 0.495 e. The summed E-state index contributed by atoms with van der Waals surface area (Å²) < 4.78 is 48.2. The second-order valence-electron chi connectivity index (χ2n) is 15.6. The number of alkyl halides is 3. The number of hydrogen-bond acceptors (Lipinski definition) is 8. The first kappa shape index (κ1) is 38.4. The van der Waals surface area contributed by atoms with Gasteiger partial charge < -0.3 is 19.9 Å². The summed E-state index contributed by atoms with van der Waals surface area (Å²) in [7, 11) is 3.14.